The fourth-order valence-corrected chi connectivity index (χ4v) is 3.33. The van der Waals surface area contributed by atoms with E-state index in [9.17, 15) is 4.21 Å². The van der Waals surface area contributed by atoms with Crippen LogP contribution in [-0.4, -0.2) is 36.5 Å². The van der Waals surface area contributed by atoms with E-state index in [0.29, 0.717) is 5.75 Å². The molecule has 0 radical (unpaired) electrons. The topological polar surface area (TPSA) is 47.6 Å². The Morgan fingerprint density at radius 2 is 2.00 bits per heavy atom. The van der Waals surface area contributed by atoms with Gasteiger partial charge in [-0.3, -0.25) is 4.21 Å². The van der Waals surface area contributed by atoms with E-state index in [-0.39, 0.29) is 11.3 Å². The number of ether oxygens (including phenoxy) is 2. The van der Waals surface area contributed by atoms with Gasteiger partial charge in [-0.25, -0.2) is 0 Å². The molecule has 1 aromatic carbocycles. The predicted octanol–water partition coefficient (Wildman–Crippen LogP) is 2.51. The average Bonchev–Trinajstić information content (AvgIpc) is 2.50. The van der Waals surface area contributed by atoms with E-state index in [1.807, 2.05) is 32.2 Å². The molecule has 0 bridgehead atoms. The van der Waals surface area contributed by atoms with Crippen LogP contribution in [0.15, 0.2) is 18.2 Å². The quantitative estimate of drug-likeness (QED) is 0.801. The number of hydrogen-bond donors (Lipinski definition) is 1. The molecule has 0 fully saturated rings. The highest BCUT2D eigenvalue weighted by atomic mass is 32.2. The second-order valence-electron chi connectivity index (χ2n) is 4.72. The minimum absolute atomic E-state index is 0.0186. The molecule has 0 aliphatic heterocycles. The van der Waals surface area contributed by atoms with Crippen LogP contribution in [0.2, 0.25) is 0 Å². The first-order valence-electron chi connectivity index (χ1n) is 6.83. The lowest BCUT2D eigenvalue weighted by Crippen LogP contribution is -2.26. The van der Waals surface area contributed by atoms with Crippen molar-refractivity contribution < 1.29 is 13.7 Å². The lowest BCUT2D eigenvalue weighted by atomic mass is 10.1. The van der Waals surface area contributed by atoms with E-state index in [1.54, 1.807) is 14.2 Å². The predicted molar refractivity (Wildman–Crippen MR) is 84.1 cm³/mol. The largest absolute Gasteiger partial charge is 0.497 e. The number of methoxy groups -OCH3 is 2. The van der Waals surface area contributed by atoms with Crippen molar-refractivity contribution in [1.82, 2.24) is 5.32 Å². The second-order valence-corrected chi connectivity index (χ2v) is 6.61. The van der Waals surface area contributed by atoms with Crippen molar-refractivity contribution in [3.05, 3.63) is 23.8 Å². The van der Waals surface area contributed by atoms with Crippen molar-refractivity contribution in [2.24, 2.45) is 0 Å². The van der Waals surface area contributed by atoms with E-state index in [0.717, 1.165) is 23.5 Å². The molecule has 0 amide bonds. The molecule has 1 aromatic rings. The number of nitrogens with one attached hydrogen (secondary N) is 1. The SMILES string of the molecule is CCC(C)S(=O)CC(NC)c1cc(OC)ccc1OC. The highest BCUT2D eigenvalue weighted by molar-refractivity contribution is 7.85. The Kier molecular flexibility index (Phi) is 7.02. The Balaban J connectivity index is 3.01. The van der Waals surface area contributed by atoms with Gasteiger partial charge in [0.2, 0.25) is 0 Å². The molecule has 0 spiro atoms. The summed E-state index contributed by atoms with van der Waals surface area (Å²) in [5.41, 5.74) is 0.978. The molecule has 1 rings (SSSR count). The summed E-state index contributed by atoms with van der Waals surface area (Å²) in [6.07, 6.45) is 0.915. The summed E-state index contributed by atoms with van der Waals surface area (Å²) in [4.78, 5) is 0. The van der Waals surface area contributed by atoms with Crippen LogP contribution in [0.1, 0.15) is 31.9 Å². The van der Waals surface area contributed by atoms with E-state index in [4.69, 9.17) is 9.47 Å². The molecule has 0 aliphatic rings. The molecular formula is C15H25NO3S. The molecule has 1 N–H and O–H groups in total. The van der Waals surface area contributed by atoms with Gasteiger partial charge in [-0.05, 0) is 31.7 Å². The van der Waals surface area contributed by atoms with Crippen molar-refractivity contribution >= 4 is 10.8 Å². The van der Waals surface area contributed by atoms with Crippen molar-refractivity contribution in [2.45, 2.75) is 31.6 Å². The summed E-state index contributed by atoms with van der Waals surface area (Å²) in [5, 5.41) is 3.42. The fourth-order valence-electron chi connectivity index (χ4n) is 1.95. The Bertz CT molecular complexity index is 451. The molecule has 5 heteroatoms. The van der Waals surface area contributed by atoms with E-state index in [2.05, 4.69) is 12.2 Å². The first-order valence-corrected chi connectivity index (χ1v) is 8.21. The summed E-state index contributed by atoms with van der Waals surface area (Å²) in [6.45, 7) is 4.08. The Labute approximate surface area is 124 Å². The second kappa shape index (κ2) is 8.27. The van der Waals surface area contributed by atoms with Gasteiger partial charge in [0, 0.05) is 33.4 Å². The standard InChI is InChI=1S/C15H25NO3S/c1-6-11(2)20(17)10-14(16-3)13-9-12(18-4)7-8-15(13)19-5/h7-9,11,14,16H,6,10H2,1-5H3. The van der Waals surface area contributed by atoms with Gasteiger partial charge in [-0.2, -0.15) is 0 Å². The summed E-state index contributed by atoms with van der Waals surface area (Å²) in [7, 11) is 4.28. The maximum Gasteiger partial charge on any atom is 0.123 e. The third-order valence-corrected chi connectivity index (χ3v) is 5.41. The fraction of sp³-hybridized carbons (Fsp3) is 0.600. The molecule has 4 nitrogen and oxygen atoms in total. The molecule has 0 heterocycles. The van der Waals surface area contributed by atoms with Crippen molar-refractivity contribution in [3.63, 3.8) is 0 Å². The first-order chi connectivity index (χ1) is 9.57. The number of rotatable bonds is 8. The molecule has 20 heavy (non-hydrogen) atoms. The number of hydrogen-bond acceptors (Lipinski definition) is 4. The van der Waals surface area contributed by atoms with Gasteiger partial charge in [0.25, 0.3) is 0 Å². The van der Waals surface area contributed by atoms with Crippen LogP contribution in [-0.2, 0) is 10.8 Å². The van der Waals surface area contributed by atoms with Gasteiger partial charge in [0.05, 0.1) is 14.2 Å². The van der Waals surface area contributed by atoms with Crippen LogP contribution in [0.25, 0.3) is 0 Å². The van der Waals surface area contributed by atoms with Crippen LogP contribution in [0.4, 0.5) is 0 Å². The van der Waals surface area contributed by atoms with Crippen molar-refractivity contribution in [2.75, 3.05) is 27.0 Å². The third-order valence-electron chi connectivity index (χ3n) is 3.52. The first kappa shape index (κ1) is 17.0. The lowest BCUT2D eigenvalue weighted by molar-refractivity contribution is 0.394. The van der Waals surface area contributed by atoms with Gasteiger partial charge >= 0.3 is 0 Å². The van der Waals surface area contributed by atoms with E-state index in [1.165, 1.54) is 0 Å². The van der Waals surface area contributed by atoms with Crippen LogP contribution in [0, 0.1) is 0 Å². The highest BCUT2D eigenvalue weighted by Crippen LogP contribution is 2.30. The van der Waals surface area contributed by atoms with Crippen molar-refractivity contribution in [1.29, 1.82) is 0 Å². The summed E-state index contributed by atoms with van der Waals surface area (Å²) in [6, 6.07) is 5.66. The van der Waals surface area contributed by atoms with Crippen LogP contribution < -0.4 is 14.8 Å². The zero-order valence-electron chi connectivity index (χ0n) is 12.9. The molecule has 0 aromatic heterocycles. The molecule has 0 saturated carbocycles. The van der Waals surface area contributed by atoms with Crippen LogP contribution >= 0.6 is 0 Å². The molecule has 114 valence electrons. The third kappa shape index (κ3) is 4.21. The summed E-state index contributed by atoms with van der Waals surface area (Å²) < 4.78 is 22.9. The summed E-state index contributed by atoms with van der Waals surface area (Å²) in [5.74, 6) is 2.12. The van der Waals surface area contributed by atoms with Gasteiger partial charge in [-0.15, -0.1) is 0 Å². The number of benzene rings is 1. The smallest absolute Gasteiger partial charge is 0.123 e. The Hall–Kier alpha value is -1.07. The van der Waals surface area contributed by atoms with Crippen molar-refractivity contribution in [3.8, 4) is 11.5 Å². The zero-order chi connectivity index (χ0) is 15.1. The maximum absolute atomic E-state index is 12.3. The summed E-state index contributed by atoms with van der Waals surface area (Å²) >= 11 is 0. The lowest BCUT2D eigenvalue weighted by Gasteiger charge is -2.21. The minimum atomic E-state index is -0.873. The van der Waals surface area contributed by atoms with Gasteiger partial charge in [-0.1, -0.05) is 13.8 Å². The van der Waals surface area contributed by atoms with E-state index >= 15 is 0 Å². The molecule has 3 atom stereocenters. The molecule has 0 saturated heterocycles. The van der Waals surface area contributed by atoms with Crippen LogP contribution in [0.5, 0.6) is 11.5 Å². The minimum Gasteiger partial charge on any atom is -0.497 e. The Morgan fingerprint density at radius 3 is 2.50 bits per heavy atom. The van der Waals surface area contributed by atoms with Gasteiger partial charge in [0.1, 0.15) is 11.5 Å². The normalized spacial score (nSPS) is 15.4. The van der Waals surface area contributed by atoms with E-state index < -0.39 is 10.8 Å². The van der Waals surface area contributed by atoms with Gasteiger partial charge in [0.15, 0.2) is 0 Å². The zero-order valence-corrected chi connectivity index (χ0v) is 13.8. The van der Waals surface area contributed by atoms with Gasteiger partial charge < -0.3 is 14.8 Å². The molecular weight excluding hydrogens is 274 g/mol. The average molecular weight is 299 g/mol. The molecule has 3 unspecified atom stereocenters. The molecule has 0 aliphatic carbocycles. The monoisotopic (exact) mass is 299 g/mol. The Morgan fingerprint density at radius 1 is 1.30 bits per heavy atom. The maximum atomic E-state index is 12.3. The highest BCUT2D eigenvalue weighted by Gasteiger charge is 2.20. The van der Waals surface area contributed by atoms with Crippen LogP contribution in [0.3, 0.4) is 0 Å².